The highest BCUT2D eigenvalue weighted by molar-refractivity contribution is 7.85. The Bertz CT molecular complexity index is 1380. The molecule has 1 spiro atoms. The van der Waals surface area contributed by atoms with Crippen LogP contribution in [0.15, 0.2) is 34.8 Å². The van der Waals surface area contributed by atoms with Gasteiger partial charge in [0.15, 0.2) is 17.5 Å². The van der Waals surface area contributed by atoms with Crippen molar-refractivity contribution in [1.29, 1.82) is 5.41 Å². The van der Waals surface area contributed by atoms with Crippen LogP contribution in [0.2, 0.25) is 0 Å². The number of amides is 2. The number of β-lactam (4-membered cyclic amide) rings is 1. The van der Waals surface area contributed by atoms with Crippen LogP contribution in [0.25, 0.3) is 0 Å². The molecule has 1 aromatic carbocycles. The molecule has 1 aliphatic heterocycles. The molecule has 4 rings (SSSR count). The monoisotopic (exact) mass is 567 g/mol. The summed E-state index contributed by atoms with van der Waals surface area (Å²) in [6, 6.07) is 5.51. The molecular weight excluding hydrogens is 542 g/mol. The van der Waals surface area contributed by atoms with Crippen molar-refractivity contribution in [3.63, 3.8) is 0 Å². The summed E-state index contributed by atoms with van der Waals surface area (Å²) in [6.07, 6.45) is 0.314. The number of hydrogen-bond acceptors (Lipinski definition) is 12. The predicted octanol–water partition coefficient (Wildman–Crippen LogP) is -0.308. The van der Waals surface area contributed by atoms with Crippen molar-refractivity contribution >= 4 is 49.9 Å². The number of rotatable bonds is 12. The molecule has 2 aromatic rings. The van der Waals surface area contributed by atoms with Gasteiger partial charge in [0.05, 0.1) is 11.5 Å². The highest BCUT2D eigenvalue weighted by Gasteiger charge is 2.74. The van der Waals surface area contributed by atoms with Crippen LogP contribution < -0.4 is 21.5 Å². The van der Waals surface area contributed by atoms with Gasteiger partial charge in [-0.25, -0.2) is 10.0 Å². The Kier molecular flexibility index (Phi) is 7.54. The average molecular weight is 568 g/mol. The second kappa shape index (κ2) is 10.5. The van der Waals surface area contributed by atoms with Crippen molar-refractivity contribution in [1.82, 2.24) is 15.4 Å². The van der Waals surface area contributed by atoms with E-state index in [0.29, 0.717) is 17.7 Å². The van der Waals surface area contributed by atoms with Crippen molar-refractivity contribution in [3.8, 4) is 5.75 Å². The van der Waals surface area contributed by atoms with Crippen LogP contribution >= 0.6 is 11.3 Å². The number of carbonyl (C=O) groups is 2. The molecule has 38 heavy (non-hydrogen) atoms. The number of hydroxylamine groups is 2. The minimum Gasteiger partial charge on any atom is -0.490 e. The third kappa shape index (κ3) is 5.69. The van der Waals surface area contributed by atoms with E-state index in [-0.39, 0.29) is 35.6 Å². The normalized spacial score (nSPS) is 22.6. The van der Waals surface area contributed by atoms with Gasteiger partial charge < -0.3 is 26.4 Å². The first-order chi connectivity index (χ1) is 17.9. The fourth-order valence-corrected chi connectivity index (χ4v) is 4.81. The van der Waals surface area contributed by atoms with Gasteiger partial charge in [0.2, 0.25) is 5.94 Å². The Balaban J connectivity index is 1.33. The summed E-state index contributed by atoms with van der Waals surface area (Å²) in [5.41, 5.74) is 10.8. The van der Waals surface area contributed by atoms with Crippen LogP contribution in [0.5, 0.6) is 5.75 Å². The van der Waals surface area contributed by atoms with Gasteiger partial charge in [-0.2, -0.15) is 8.42 Å². The number of nitrogens with two attached hydrogens (primary N) is 2. The quantitative estimate of drug-likeness (QED) is 0.0557. The van der Waals surface area contributed by atoms with Crippen molar-refractivity contribution in [2.45, 2.75) is 25.4 Å². The van der Waals surface area contributed by atoms with Gasteiger partial charge in [0.25, 0.3) is 21.9 Å². The number of amidine groups is 1. The third-order valence-electron chi connectivity index (χ3n) is 6.09. The molecule has 204 valence electrons. The van der Waals surface area contributed by atoms with E-state index in [1.165, 1.54) is 5.38 Å². The molecule has 1 saturated heterocycles. The van der Waals surface area contributed by atoms with Crippen molar-refractivity contribution in [2.24, 2.45) is 16.3 Å². The fourth-order valence-electron chi connectivity index (χ4n) is 4.02. The van der Waals surface area contributed by atoms with Crippen LogP contribution in [-0.2, 0) is 29.4 Å². The Morgan fingerprint density at radius 1 is 1.37 bits per heavy atom. The molecule has 3 atom stereocenters. The van der Waals surface area contributed by atoms with Crippen LogP contribution in [0, 0.1) is 10.8 Å². The van der Waals surface area contributed by atoms with Crippen LogP contribution in [0.3, 0.4) is 0 Å². The first-order valence-electron chi connectivity index (χ1n) is 11.1. The number of carbonyl (C=O) groups excluding carboxylic acids is 2. The molecule has 0 radical (unpaired) electrons. The van der Waals surface area contributed by atoms with Gasteiger partial charge in [0, 0.05) is 17.0 Å². The summed E-state index contributed by atoms with van der Waals surface area (Å²) < 4.78 is 36.2. The van der Waals surface area contributed by atoms with E-state index in [9.17, 15) is 18.0 Å². The van der Waals surface area contributed by atoms with Crippen LogP contribution in [-0.4, -0.2) is 77.6 Å². The number of aromatic nitrogens is 1. The average Bonchev–Trinajstić information content (AvgIpc) is 3.45. The molecule has 2 aliphatic rings. The van der Waals surface area contributed by atoms with Gasteiger partial charge in [-0.3, -0.25) is 24.4 Å². The van der Waals surface area contributed by atoms with E-state index in [4.69, 9.17) is 35.8 Å². The summed E-state index contributed by atoms with van der Waals surface area (Å²) in [6.45, 7) is 1.74. The molecule has 17 heteroatoms. The molecule has 0 bridgehead atoms. The molecule has 2 heterocycles. The topological polar surface area (TPSA) is 233 Å². The smallest absolute Gasteiger partial charge is 0.292 e. The number of oxime groups is 1. The minimum absolute atomic E-state index is 0.00614. The summed E-state index contributed by atoms with van der Waals surface area (Å²) in [5.74, 6) is -1.72. The highest BCUT2D eigenvalue weighted by Crippen LogP contribution is 2.58. The minimum atomic E-state index is -4.42. The number of thiazole rings is 1. The molecule has 2 amide bonds. The maximum Gasteiger partial charge on any atom is 0.292 e. The molecule has 1 aliphatic carbocycles. The molecule has 1 unspecified atom stereocenters. The lowest BCUT2D eigenvalue weighted by atomic mass is 9.86. The van der Waals surface area contributed by atoms with Crippen LogP contribution in [0.1, 0.15) is 24.6 Å². The van der Waals surface area contributed by atoms with E-state index in [2.05, 4.69) is 15.5 Å². The van der Waals surface area contributed by atoms with Gasteiger partial charge in [-0.05, 0) is 37.6 Å². The zero-order chi connectivity index (χ0) is 27.7. The van der Waals surface area contributed by atoms with Gasteiger partial charge in [-0.15, -0.1) is 11.3 Å². The van der Waals surface area contributed by atoms with E-state index >= 15 is 0 Å². The number of nitrogens with zero attached hydrogens (tertiary/aromatic N) is 3. The third-order valence-corrected chi connectivity index (χ3v) is 7.17. The number of anilines is 1. The maximum atomic E-state index is 13.0. The summed E-state index contributed by atoms with van der Waals surface area (Å²) in [4.78, 5) is 39.8. The Hall–Kier alpha value is -3.80. The zero-order valence-corrected chi connectivity index (χ0v) is 21.6. The lowest BCUT2D eigenvalue weighted by molar-refractivity contribution is -0.238. The SMILES string of the molecule is C[C@@H]1N(OCS(=O)(=O)O)C(=O)C12C[C@H]2NC(=O)/C(=N\OCCOc1ccc(C(=N)N)cc1)c1csc(N)n1. The number of hydrogen-bond donors (Lipinski definition) is 5. The zero-order valence-electron chi connectivity index (χ0n) is 20.0. The van der Waals surface area contributed by atoms with Crippen molar-refractivity contribution in [3.05, 3.63) is 40.9 Å². The number of benzene rings is 1. The molecule has 7 N–H and O–H groups in total. The lowest BCUT2D eigenvalue weighted by Crippen LogP contribution is -2.64. The predicted molar refractivity (Wildman–Crippen MR) is 135 cm³/mol. The lowest BCUT2D eigenvalue weighted by Gasteiger charge is -2.44. The Morgan fingerprint density at radius 2 is 2.08 bits per heavy atom. The molecule has 2 fully saturated rings. The molecule has 1 aromatic heterocycles. The largest absolute Gasteiger partial charge is 0.490 e. The van der Waals surface area contributed by atoms with Crippen molar-refractivity contribution < 1.29 is 37.0 Å². The van der Waals surface area contributed by atoms with E-state index in [1.807, 2.05) is 0 Å². The van der Waals surface area contributed by atoms with E-state index in [0.717, 1.165) is 16.4 Å². The summed E-state index contributed by atoms with van der Waals surface area (Å²) in [5, 5.41) is 16.7. The van der Waals surface area contributed by atoms with Crippen molar-refractivity contribution in [2.75, 3.05) is 24.9 Å². The molecule has 15 nitrogen and oxygen atoms in total. The molecule has 1 saturated carbocycles. The summed E-state index contributed by atoms with van der Waals surface area (Å²) in [7, 11) is -4.42. The van der Waals surface area contributed by atoms with E-state index in [1.54, 1.807) is 31.2 Å². The number of nitrogen functional groups attached to an aromatic ring is 2. The Morgan fingerprint density at radius 3 is 2.66 bits per heavy atom. The van der Waals surface area contributed by atoms with Crippen LogP contribution in [0.4, 0.5) is 5.13 Å². The second-order valence-corrected chi connectivity index (χ2v) is 10.8. The first-order valence-corrected chi connectivity index (χ1v) is 13.6. The van der Waals surface area contributed by atoms with Gasteiger partial charge >= 0.3 is 0 Å². The maximum absolute atomic E-state index is 13.0. The standard InChI is InChI=1S/C21H25N7O8S2/c1-11-21(19(30)28(11)36-10-38(31,32)33)8-15(21)26-18(29)16(14-9-37-20(24)25-14)27-35-7-6-34-13-4-2-12(3-5-13)17(22)23/h2-5,9,11,15H,6-8,10H2,1H3,(H3,22,23)(H2,24,25)(H,26,29)(H,31,32,33)/b27-16-/t11-,15+,21?/m0/s1. The molecular formula is C21H25N7O8S2. The fraction of sp³-hybridized carbons (Fsp3) is 0.381. The summed E-state index contributed by atoms with van der Waals surface area (Å²) >= 11 is 1.11. The first kappa shape index (κ1) is 27.2. The Labute approximate surface area is 220 Å². The van der Waals surface area contributed by atoms with Gasteiger partial charge in [-0.1, -0.05) is 5.16 Å². The van der Waals surface area contributed by atoms with E-state index < -0.39 is 45.4 Å². The number of nitrogens with one attached hydrogen (secondary N) is 2. The second-order valence-electron chi connectivity index (χ2n) is 8.54. The highest BCUT2D eigenvalue weighted by atomic mass is 32.2. The number of ether oxygens (including phenoxy) is 1. The van der Waals surface area contributed by atoms with Gasteiger partial charge in [0.1, 0.15) is 23.9 Å².